The maximum atomic E-state index is 12.9. The molecule has 1 aromatic carbocycles. The summed E-state index contributed by atoms with van der Waals surface area (Å²) < 4.78 is 16.1. The van der Waals surface area contributed by atoms with Crippen LogP contribution in [0.5, 0.6) is 17.6 Å². The fourth-order valence-electron chi connectivity index (χ4n) is 3.92. The van der Waals surface area contributed by atoms with E-state index in [2.05, 4.69) is 9.97 Å². The number of methoxy groups -OCH3 is 2. The lowest BCUT2D eigenvalue weighted by atomic mass is 10.1. The van der Waals surface area contributed by atoms with Crippen LogP contribution in [0.1, 0.15) is 12.8 Å². The molecule has 2 aliphatic rings. The Hall–Kier alpha value is -3.56. The minimum Gasteiger partial charge on any atom is -0.497 e. The highest BCUT2D eigenvalue weighted by atomic mass is 16.5. The molecule has 0 aliphatic carbocycles. The molecule has 3 amide bonds. The van der Waals surface area contributed by atoms with Gasteiger partial charge in [-0.1, -0.05) is 0 Å². The molecule has 0 spiro atoms. The van der Waals surface area contributed by atoms with Gasteiger partial charge in [0.05, 0.1) is 20.8 Å². The van der Waals surface area contributed by atoms with Crippen molar-refractivity contribution in [2.45, 2.75) is 18.9 Å². The number of ether oxygens (including phenoxy) is 3. The summed E-state index contributed by atoms with van der Waals surface area (Å²) in [5, 5.41) is 0. The van der Waals surface area contributed by atoms with Gasteiger partial charge < -0.3 is 24.0 Å². The first-order chi connectivity index (χ1) is 15.6. The lowest BCUT2D eigenvalue weighted by Gasteiger charge is -2.33. The van der Waals surface area contributed by atoms with Gasteiger partial charge in [-0.3, -0.25) is 9.69 Å². The molecule has 1 atom stereocenters. The molecule has 170 valence electrons. The van der Waals surface area contributed by atoms with Crippen LogP contribution in [-0.4, -0.2) is 84.8 Å². The van der Waals surface area contributed by atoms with Crippen LogP contribution in [0, 0.1) is 0 Å². The second kappa shape index (κ2) is 9.71. The molecule has 10 nitrogen and oxygen atoms in total. The molecule has 2 fully saturated rings. The summed E-state index contributed by atoms with van der Waals surface area (Å²) in [5.74, 6) is 1.07. The quantitative estimate of drug-likeness (QED) is 0.646. The lowest BCUT2D eigenvalue weighted by molar-refractivity contribution is -0.134. The normalized spacial score (nSPS) is 18.6. The third kappa shape index (κ3) is 4.84. The molecule has 2 aromatic rings. The molecule has 3 heterocycles. The molecule has 10 heteroatoms. The zero-order valence-corrected chi connectivity index (χ0v) is 18.3. The number of urea groups is 1. The van der Waals surface area contributed by atoms with Crippen molar-refractivity contribution >= 4 is 17.6 Å². The summed E-state index contributed by atoms with van der Waals surface area (Å²) in [5.41, 5.74) is 0.789. The van der Waals surface area contributed by atoms with Crippen LogP contribution in [0.4, 0.5) is 10.5 Å². The molecule has 0 saturated carbocycles. The Morgan fingerprint density at radius 1 is 1.09 bits per heavy atom. The Balaban J connectivity index is 1.32. The van der Waals surface area contributed by atoms with Crippen LogP contribution in [0.3, 0.4) is 0 Å². The minimum absolute atomic E-state index is 0.0551. The van der Waals surface area contributed by atoms with Crippen molar-refractivity contribution in [3.05, 3.63) is 36.5 Å². The van der Waals surface area contributed by atoms with Crippen molar-refractivity contribution in [2.75, 3.05) is 51.8 Å². The van der Waals surface area contributed by atoms with E-state index in [9.17, 15) is 9.59 Å². The summed E-state index contributed by atoms with van der Waals surface area (Å²) in [4.78, 5) is 38.9. The van der Waals surface area contributed by atoms with Gasteiger partial charge in [-0.15, -0.1) is 0 Å². The van der Waals surface area contributed by atoms with Crippen LogP contribution in [0.15, 0.2) is 36.5 Å². The smallest absolute Gasteiger partial charge is 0.325 e. The third-order valence-electron chi connectivity index (χ3n) is 5.61. The molecule has 0 radical (unpaired) electrons. The van der Waals surface area contributed by atoms with Crippen molar-refractivity contribution in [3.8, 4) is 17.6 Å². The second-order valence-electron chi connectivity index (χ2n) is 7.66. The first-order valence-electron chi connectivity index (χ1n) is 10.6. The number of benzene rings is 1. The molecule has 4 rings (SSSR count). The van der Waals surface area contributed by atoms with Gasteiger partial charge >= 0.3 is 12.0 Å². The van der Waals surface area contributed by atoms with Gasteiger partial charge in [-0.05, 0) is 37.1 Å². The lowest BCUT2D eigenvalue weighted by Crippen LogP contribution is -2.48. The van der Waals surface area contributed by atoms with Gasteiger partial charge in [0.15, 0.2) is 0 Å². The molecule has 0 bridgehead atoms. The van der Waals surface area contributed by atoms with Crippen LogP contribution in [0.2, 0.25) is 0 Å². The van der Waals surface area contributed by atoms with Gasteiger partial charge in [-0.25, -0.2) is 9.78 Å². The average Bonchev–Trinajstić information content (AvgIpc) is 3.19. The molecule has 32 heavy (non-hydrogen) atoms. The topological polar surface area (TPSA) is 97.3 Å². The van der Waals surface area contributed by atoms with E-state index in [-0.39, 0.29) is 30.6 Å². The first-order valence-corrected chi connectivity index (χ1v) is 10.6. The van der Waals surface area contributed by atoms with E-state index in [4.69, 9.17) is 14.2 Å². The zero-order chi connectivity index (χ0) is 22.5. The van der Waals surface area contributed by atoms with Gasteiger partial charge in [0.2, 0.25) is 11.8 Å². The first kappa shape index (κ1) is 21.7. The largest absolute Gasteiger partial charge is 0.497 e. The number of hydrogen-bond acceptors (Lipinski definition) is 7. The number of carbonyl (C=O) groups is 2. The van der Waals surface area contributed by atoms with E-state index in [1.807, 2.05) is 24.3 Å². The monoisotopic (exact) mass is 441 g/mol. The Bertz CT molecular complexity index is 954. The maximum absolute atomic E-state index is 12.9. The summed E-state index contributed by atoms with van der Waals surface area (Å²) in [6, 6.07) is 9.06. The highest BCUT2D eigenvalue weighted by Gasteiger charge is 2.33. The Morgan fingerprint density at radius 3 is 2.66 bits per heavy atom. The fraction of sp³-hybridized carbons (Fsp3) is 0.455. The summed E-state index contributed by atoms with van der Waals surface area (Å²) in [6.07, 6.45) is 3.05. The number of amides is 3. The second-order valence-corrected chi connectivity index (χ2v) is 7.66. The van der Waals surface area contributed by atoms with Crippen LogP contribution >= 0.6 is 0 Å². The minimum atomic E-state index is -0.169. The number of likely N-dealkylation sites (tertiary alicyclic amines) is 1. The molecular weight excluding hydrogens is 414 g/mol. The van der Waals surface area contributed by atoms with Crippen molar-refractivity contribution in [3.63, 3.8) is 0 Å². The number of anilines is 1. The Labute approximate surface area is 186 Å². The van der Waals surface area contributed by atoms with Gasteiger partial charge in [0.25, 0.3) is 0 Å². The Kier molecular flexibility index (Phi) is 6.58. The molecule has 1 aromatic heterocycles. The van der Waals surface area contributed by atoms with E-state index in [0.29, 0.717) is 32.1 Å². The number of hydrogen-bond donors (Lipinski definition) is 0. The number of piperidine rings is 1. The number of rotatable bonds is 7. The van der Waals surface area contributed by atoms with E-state index in [0.717, 1.165) is 24.3 Å². The Morgan fingerprint density at radius 2 is 1.91 bits per heavy atom. The van der Waals surface area contributed by atoms with Crippen molar-refractivity contribution < 1.29 is 23.8 Å². The molecule has 2 saturated heterocycles. The number of carbonyl (C=O) groups excluding carboxylic acids is 2. The summed E-state index contributed by atoms with van der Waals surface area (Å²) >= 11 is 0. The van der Waals surface area contributed by atoms with Crippen molar-refractivity contribution in [2.24, 2.45) is 0 Å². The van der Waals surface area contributed by atoms with Crippen LogP contribution < -0.4 is 19.1 Å². The van der Waals surface area contributed by atoms with Crippen molar-refractivity contribution in [1.29, 1.82) is 0 Å². The molecule has 1 unspecified atom stereocenters. The third-order valence-corrected chi connectivity index (χ3v) is 5.61. The molecular formula is C22H27N5O5. The van der Waals surface area contributed by atoms with Crippen LogP contribution in [-0.2, 0) is 4.79 Å². The number of nitrogens with zero attached hydrogens (tertiary/aromatic N) is 5. The molecule has 2 aliphatic heterocycles. The van der Waals surface area contributed by atoms with Crippen LogP contribution in [0.25, 0.3) is 0 Å². The highest BCUT2D eigenvalue weighted by Crippen LogP contribution is 2.24. The predicted octanol–water partition coefficient (Wildman–Crippen LogP) is 1.81. The van der Waals surface area contributed by atoms with E-state index in [1.165, 1.54) is 7.11 Å². The molecule has 0 N–H and O–H groups in total. The van der Waals surface area contributed by atoms with E-state index < -0.39 is 0 Å². The summed E-state index contributed by atoms with van der Waals surface area (Å²) in [7, 11) is 3.10. The maximum Gasteiger partial charge on any atom is 0.325 e. The van der Waals surface area contributed by atoms with Crippen molar-refractivity contribution in [1.82, 2.24) is 19.8 Å². The predicted molar refractivity (Wildman–Crippen MR) is 116 cm³/mol. The SMILES string of the molecule is COc1ccc(N2CCN(CC(=O)N3CCCC(Oc4ccnc(OC)n4)C3)C2=O)cc1. The van der Waals surface area contributed by atoms with E-state index >= 15 is 0 Å². The van der Waals surface area contributed by atoms with Gasteiger partial charge in [0, 0.05) is 37.6 Å². The van der Waals surface area contributed by atoms with E-state index in [1.54, 1.807) is 34.1 Å². The summed E-state index contributed by atoms with van der Waals surface area (Å²) in [6.45, 7) is 2.20. The van der Waals surface area contributed by atoms with Gasteiger partial charge in [0.1, 0.15) is 18.4 Å². The highest BCUT2D eigenvalue weighted by molar-refractivity contribution is 5.96. The van der Waals surface area contributed by atoms with Gasteiger partial charge in [-0.2, -0.15) is 4.98 Å². The standard InChI is InChI=1S/C22H27N5O5/c1-30-17-7-5-16(6-8-17)27-13-12-26(22(27)29)15-20(28)25-11-3-4-18(14-25)32-19-9-10-23-21(24-19)31-2/h5-10,18H,3-4,11-15H2,1-2H3. The average molecular weight is 441 g/mol. The fourth-order valence-corrected chi connectivity index (χ4v) is 3.92. The zero-order valence-electron chi connectivity index (χ0n) is 18.3. The number of aromatic nitrogens is 2.